The molecule has 0 aliphatic heterocycles. The summed E-state index contributed by atoms with van der Waals surface area (Å²) in [7, 11) is -2.52. The summed E-state index contributed by atoms with van der Waals surface area (Å²) in [6.45, 7) is 1.47. The molecule has 1 amide bonds. The van der Waals surface area contributed by atoms with E-state index < -0.39 is 22.5 Å². The van der Waals surface area contributed by atoms with Crippen LogP contribution in [0.5, 0.6) is 5.75 Å². The van der Waals surface area contributed by atoms with Gasteiger partial charge >= 0.3 is 0 Å². The lowest BCUT2D eigenvalue weighted by molar-refractivity contribution is -0.114. The molecule has 0 radical (unpaired) electrons. The van der Waals surface area contributed by atoms with Crippen molar-refractivity contribution in [1.82, 2.24) is 4.98 Å². The second-order valence-corrected chi connectivity index (χ2v) is 8.70. The summed E-state index contributed by atoms with van der Waals surface area (Å²) in [5.41, 5.74) is 1.76. The number of carbonyl (C=O) groups is 1. The van der Waals surface area contributed by atoms with Crippen LogP contribution in [0.25, 0.3) is 0 Å². The summed E-state index contributed by atoms with van der Waals surface area (Å²) >= 11 is 6.09. The number of methoxy groups -OCH3 is 1. The molecule has 156 valence electrons. The maximum absolute atomic E-state index is 13.2. The van der Waals surface area contributed by atoms with Gasteiger partial charge < -0.3 is 10.1 Å². The van der Waals surface area contributed by atoms with E-state index in [0.717, 1.165) is 9.87 Å². The van der Waals surface area contributed by atoms with Gasteiger partial charge in [-0.2, -0.15) is 0 Å². The molecule has 7 nitrogen and oxygen atoms in total. The van der Waals surface area contributed by atoms with Crippen LogP contribution in [-0.2, 0) is 14.8 Å². The van der Waals surface area contributed by atoms with Crippen molar-refractivity contribution in [2.24, 2.45) is 0 Å². The second kappa shape index (κ2) is 9.15. The highest BCUT2D eigenvalue weighted by atomic mass is 35.5. The quantitative estimate of drug-likeness (QED) is 0.596. The van der Waals surface area contributed by atoms with Crippen molar-refractivity contribution in [3.05, 3.63) is 77.6 Å². The fourth-order valence-corrected chi connectivity index (χ4v) is 4.37. The van der Waals surface area contributed by atoms with Crippen LogP contribution in [0.4, 0.5) is 11.4 Å². The molecule has 0 aliphatic carbocycles. The van der Waals surface area contributed by atoms with Crippen LogP contribution in [0.2, 0.25) is 5.02 Å². The van der Waals surface area contributed by atoms with Gasteiger partial charge in [-0.15, -0.1) is 0 Å². The van der Waals surface area contributed by atoms with E-state index in [1.165, 1.54) is 37.7 Å². The smallest absolute Gasteiger partial charge is 0.266 e. The third kappa shape index (κ3) is 4.90. The van der Waals surface area contributed by atoms with Crippen LogP contribution in [0, 0.1) is 6.92 Å². The van der Waals surface area contributed by atoms with E-state index in [-0.39, 0.29) is 4.90 Å². The minimum Gasteiger partial charge on any atom is -0.495 e. The summed E-state index contributed by atoms with van der Waals surface area (Å²) in [5, 5.41) is 3.00. The van der Waals surface area contributed by atoms with Gasteiger partial charge in [0, 0.05) is 18.1 Å². The van der Waals surface area contributed by atoms with Crippen LogP contribution in [0.3, 0.4) is 0 Å². The van der Waals surface area contributed by atoms with Gasteiger partial charge in [0.05, 0.1) is 17.8 Å². The van der Waals surface area contributed by atoms with Crippen LogP contribution in [-0.4, -0.2) is 33.0 Å². The van der Waals surface area contributed by atoms with Crippen LogP contribution >= 0.6 is 11.6 Å². The molecule has 0 aliphatic rings. The Morgan fingerprint density at radius 3 is 2.50 bits per heavy atom. The fraction of sp³-hybridized carbons (Fsp3) is 0.143. The molecule has 3 rings (SSSR count). The van der Waals surface area contributed by atoms with E-state index in [2.05, 4.69) is 10.3 Å². The summed E-state index contributed by atoms with van der Waals surface area (Å²) < 4.78 is 32.6. The van der Waals surface area contributed by atoms with Gasteiger partial charge in [-0.3, -0.25) is 14.1 Å². The van der Waals surface area contributed by atoms with E-state index in [4.69, 9.17) is 16.3 Å². The molecule has 1 heterocycles. The number of nitrogens with one attached hydrogen (secondary N) is 1. The Morgan fingerprint density at radius 2 is 1.90 bits per heavy atom. The summed E-state index contributed by atoms with van der Waals surface area (Å²) in [6, 6.07) is 14.6. The molecule has 0 fully saturated rings. The van der Waals surface area contributed by atoms with Gasteiger partial charge in [0.2, 0.25) is 5.91 Å². The number of hydrogen-bond donors (Lipinski definition) is 1. The van der Waals surface area contributed by atoms with Crippen LogP contribution in [0.1, 0.15) is 5.56 Å². The number of sulfonamides is 1. The average molecular weight is 446 g/mol. The molecular formula is C21H20ClN3O4S. The lowest BCUT2D eigenvalue weighted by Gasteiger charge is -2.24. The SMILES string of the molecule is COc1ccc(NC(=O)CN(c2ccc(C)cc2)S(=O)(=O)c2cccnc2)cc1Cl. The zero-order chi connectivity index (χ0) is 21.7. The number of nitrogens with zero attached hydrogens (tertiary/aromatic N) is 2. The third-order valence-corrected chi connectivity index (χ3v) is 6.32. The molecule has 0 atom stereocenters. The summed E-state index contributed by atoms with van der Waals surface area (Å²) in [5.74, 6) is -0.0561. The number of aromatic nitrogens is 1. The number of pyridine rings is 1. The monoisotopic (exact) mass is 445 g/mol. The highest BCUT2D eigenvalue weighted by Gasteiger charge is 2.27. The molecule has 0 saturated carbocycles. The van der Waals surface area contributed by atoms with E-state index in [1.807, 2.05) is 6.92 Å². The van der Waals surface area contributed by atoms with E-state index in [9.17, 15) is 13.2 Å². The molecule has 0 spiro atoms. The van der Waals surface area contributed by atoms with Crippen molar-refractivity contribution in [2.75, 3.05) is 23.3 Å². The number of amides is 1. The highest BCUT2D eigenvalue weighted by Crippen LogP contribution is 2.28. The molecule has 1 aromatic heterocycles. The predicted octanol–water partition coefficient (Wildman–Crippen LogP) is 3.89. The Bertz CT molecular complexity index is 1140. The van der Waals surface area contributed by atoms with Crippen molar-refractivity contribution >= 4 is 38.9 Å². The number of rotatable bonds is 7. The first-order valence-corrected chi connectivity index (χ1v) is 10.8. The molecule has 3 aromatic rings. The first-order valence-electron chi connectivity index (χ1n) is 8.94. The van der Waals surface area contributed by atoms with E-state index in [1.54, 1.807) is 36.4 Å². The molecule has 0 bridgehead atoms. The number of halogens is 1. The Balaban J connectivity index is 1.90. The zero-order valence-corrected chi connectivity index (χ0v) is 17.9. The number of carbonyl (C=O) groups excluding carboxylic acids is 1. The number of anilines is 2. The Kier molecular flexibility index (Phi) is 6.59. The Labute approximate surface area is 180 Å². The van der Waals surface area contributed by atoms with Crippen molar-refractivity contribution < 1.29 is 17.9 Å². The van der Waals surface area contributed by atoms with Crippen LogP contribution in [0.15, 0.2) is 71.9 Å². The van der Waals surface area contributed by atoms with Crippen molar-refractivity contribution in [3.63, 3.8) is 0 Å². The zero-order valence-electron chi connectivity index (χ0n) is 16.4. The lowest BCUT2D eigenvalue weighted by atomic mass is 10.2. The second-order valence-electron chi connectivity index (χ2n) is 6.43. The van der Waals surface area contributed by atoms with Gasteiger partial charge in [-0.1, -0.05) is 29.3 Å². The van der Waals surface area contributed by atoms with Gasteiger partial charge in [0.25, 0.3) is 10.0 Å². The first-order chi connectivity index (χ1) is 14.3. The molecule has 1 N–H and O–H groups in total. The van der Waals surface area contributed by atoms with Crippen molar-refractivity contribution in [3.8, 4) is 5.75 Å². The molecular weight excluding hydrogens is 426 g/mol. The summed E-state index contributed by atoms with van der Waals surface area (Å²) in [6.07, 6.45) is 2.73. The van der Waals surface area contributed by atoms with Crippen molar-refractivity contribution in [1.29, 1.82) is 0 Å². The normalized spacial score (nSPS) is 11.0. The number of ether oxygens (including phenoxy) is 1. The minimum atomic E-state index is -4.01. The maximum Gasteiger partial charge on any atom is 0.266 e. The standard InChI is InChI=1S/C21H20ClN3O4S/c1-15-5-8-17(9-6-15)25(30(27,28)18-4-3-11-23-13-18)14-21(26)24-16-7-10-20(29-2)19(22)12-16/h3-13H,14H2,1-2H3,(H,24,26). The first kappa shape index (κ1) is 21.6. The number of hydrogen-bond acceptors (Lipinski definition) is 5. The molecule has 0 unspecified atom stereocenters. The lowest BCUT2D eigenvalue weighted by Crippen LogP contribution is -2.38. The minimum absolute atomic E-state index is 0.00846. The van der Waals surface area contributed by atoms with Gasteiger partial charge in [0.1, 0.15) is 17.2 Å². The molecule has 30 heavy (non-hydrogen) atoms. The van der Waals surface area contributed by atoms with Gasteiger partial charge in [-0.25, -0.2) is 8.42 Å². The molecule has 0 saturated heterocycles. The average Bonchev–Trinajstić information content (AvgIpc) is 2.73. The Morgan fingerprint density at radius 1 is 1.17 bits per heavy atom. The maximum atomic E-state index is 13.2. The van der Waals surface area contributed by atoms with Crippen molar-refractivity contribution in [2.45, 2.75) is 11.8 Å². The highest BCUT2D eigenvalue weighted by molar-refractivity contribution is 7.92. The summed E-state index contributed by atoms with van der Waals surface area (Å²) in [4.78, 5) is 16.6. The van der Waals surface area contributed by atoms with Gasteiger partial charge in [0.15, 0.2) is 0 Å². The number of aryl methyl sites for hydroxylation is 1. The van der Waals surface area contributed by atoms with Gasteiger partial charge in [-0.05, 0) is 49.4 Å². The van der Waals surface area contributed by atoms with E-state index >= 15 is 0 Å². The number of benzene rings is 2. The topological polar surface area (TPSA) is 88.6 Å². The predicted molar refractivity (Wildman–Crippen MR) is 117 cm³/mol. The third-order valence-electron chi connectivity index (χ3n) is 4.27. The largest absolute Gasteiger partial charge is 0.495 e. The van der Waals surface area contributed by atoms with Crippen LogP contribution < -0.4 is 14.4 Å². The van der Waals surface area contributed by atoms with E-state index in [0.29, 0.717) is 22.1 Å². The fourth-order valence-electron chi connectivity index (χ4n) is 2.73. The Hall–Kier alpha value is -3.10. The molecule has 9 heteroatoms. The molecule has 2 aromatic carbocycles.